The zero-order chi connectivity index (χ0) is 11.0. The van der Waals surface area contributed by atoms with E-state index in [0.717, 1.165) is 0 Å². The maximum Gasteiger partial charge on any atom is 0.0353 e. The largest absolute Gasteiger partial charge is 0.142 e. The molecule has 0 amide bonds. The lowest BCUT2D eigenvalue weighted by molar-refractivity contribution is 0.844. The molecule has 15 heavy (non-hydrogen) atoms. The fourth-order valence-corrected chi connectivity index (χ4v) is 6.25. The summed E-state index contributed by atoms with van der Waals surface area (Å²) in [6.07, 6.45) is 0. The van der Waals surface area contributed by atoms with Crippen LogP contribution in [0.15, 0.2) is 9.79 Å². The number of thiophene rings is 1. The van der Waals surface area contributed by atoms with E-state index in [4.69, 9.17) is 0 Å². The molecule has 2 heterocycles. The van der Waals surface area contributed by atoms with Crippen molar-refractivity contribution in [2.75, 3.05) is 11.5 Å². The summed E-state index contributed by atoms with van der Waals surface area (Å²) in [4.78, 5) is 6.45. The number of hydrogen-bond acceptors (Lipinski definition) is 3. The van der Waals surface area contributed by atoms with Crippen molar-refractivity contribution >= 4 is 34.9 Å². The van der Waals surface area contributed by atoms with Crippen LogP contribution in [-0.4, -0.2) is 11.5 Å². The summed E-state index contributed by atoms with van der Waals surface area (Å²) in [6, 6.07) is 0. The predicted molar refractivity (Wildman–Crippen MR) is 73.9 cm³/mol. The van der Waals surface area contributed by atoms with Gasteiger partial charge in [-0.1, -0.05) is 27.7 Å². The molecule has 1 aliphatic rings. The monoisotopic (exact) mass is 258 g/mol. The second kappa shape index (κ2) is 4.72. The third kappa shape index (κ3) is 2.25. The maximum atomic E-state index is 2.32. The quantitative estimate of drug-likeness (QED) is 0.715. The summed E-state index contributed by atoms with van der Waals surface area (Å²) in [5.41, 5.74) is 0. The lowest BCUT2D eigenvalue weighted by Crippen LogP contribution is -1.96. The van der Waals surface area contributed by atoms with Crippen molar-refractivity contribution in [3.8, 4) is 0 Å². The Hall–Kier alpha value is 0.400. The van der Waals surface area contributed by atoms with Gasteiger partial charge in [0, 0.05) is 31.1 Å². The SMILES string of the molecule is CC(C)c1sc(C(C)C)c2c1SCCS2. The van der Waals surface area contributed by atoms with Crippen molar-refractivity contribution in [1.29, 1.82) is 0 Å². The average Bonchev–Trinajstić information content (AvgIpc) is 2.56. The molecule has 0 bridgehead atoms. The van der Waals surface area contributed by atoms with E-state index in [9.17, 15) is 0 Å². The molecule has 0 atom stereocenters. The van der Waals surface area contributed by atoms with E-state index >= 15 is 0 Å². The normalized spacial score (nSPS) is 16.1. The van der Waals surface area contributed by atoms with E-state index in [1.165, 1.54) is 11.5 Å². The highest BCUT2D eigenvalue weighted by Crippen LogP contribution is 2.50. The topological polar surface area (TPSA) is 0 Å². The molecule has 0 radical (unpaired) electrons. The van der Waals surface area contributed by atoms with Crippen LogP contribution in [0.2, 0.25) is 0 Å². The highest BCUT2D eigenvalue weighted by molar-refractivity contribution is 8.06. The Labute approximate surface area is 105 Å². The standard InChI is InChI=1S/C12H18S3/c1-7(2)9-11-12(14-6-5-13-11)10(15-9)8(3)4/h7-8H,5-6H2,1-4H3. The van der Waals surface area contributed by atoms with Gasteiger partial charge in [0.25, 0.3) is 0 Å². The number of thioether (sulfide) groups is 2. The molecule has 0 aromatic carbocycles. The Morgan fingerprint density at radius 1 is 0.800 bits per heavy atom. The van der Waals surface area contributed by atoms with Crippen LogP contribution in [0.5, 0.6) is 0 Å². The van der Waals surface area contributed by atoms with Gasteiger partial charge in [-0.25, -0.2) is 0 Å². The first-order valence-electron chi connectivity index (χ1n) is 5.53. The molecular weight excluding hydrogens is 240 g/mol. The van der Waals surface area contributed by atoms with Gasteiger partial charge in [-0.2, -0.15) is 0 Å². The number of hydrogen-bond donors (Lipinski definition) is 0. The molecule has 0 N–H and O–H groups in total. The predicted octanol–water partition coefficient (Wildman–Crippen LogP) is 5.19. The van der Waals surface area contributed by atoms with Crippen LogP contribution in [0.25, 0.3) is 0 Å². The smallest absolute Gasteiger partial charge is 0.0353 e. The van der Waals surface area contributed by atoms with Crippen LogP contribution in [-0.2, 0) is 0 Å². The molecule has 2 rings (SSSR count). The molecule has 0 fully saturated rings. The van der Waals surface area contributed by atoms with Gasteiger partial charge in [-0.3, -0.25) is 0 Å². The molecule has 1 aromatic heterocycles. The van der Waals surface area contributed by atoms with Gasteiger partial charge in [-0.05, 0) is 11.8 Å². The molecular formula is C12H18S3. The minimum Gasteiger partial charge on any atom is -0.142 e. The minimum atomic E-state index is 0.683. The number of rotatable bonds is 2. The first kappa shape index (κ1) is 11.9. The molecule has 0 aliphatic carbocycles. The van der Waals surface area contributed by atoms with E-state index in [0.29, 0.717) is 11.8 Å². The van der Waals surface area contributed by atoms with E-state index in [1.54, 1.807) is 19.5 Å². The van der Waals surface area contributed by atoms with Crippen molar-refractivity contribution in [2.45, 2.75) is 49.3 Å². The highest BCUT2D eigenvalue weighted by Gasteiger charge is 2.24. The van der Waals surface area contributed by atoms with Crippen LogP contribution in [0.3, 0.4) is 0 Å². The van der Waals surface area contributed by atoms with Gasteiger partial charge >= 0.3 is 0 Å². The molecule has 0 saturated carbocycles. The molecule has 0 spiro atoms. The number of fused-ring (bicyclic) bond motifs is 1. The highest BCUT2D eigenvalue weighted by atomic mass is 32.2. The molecule has 0 nitrogen and oxygen atoms in total. The fraction of sp³-hybridized carbons (Fsp3) is 0.667. The van der Waals surface area contributed by atoms with Crippen LogP contribution in [0.4, 0.5) is 0 Å². The zero-order valence-corrected chi connectivity index (χ0v) is 12.2. The fourth-order valence-electron chi connectivity index (χ4n) is 1.76. The Kier molecular flexibility index (Phi) is 3.74. The van der Waals surface area contributed by atoms with Crippen LogP contribution in [0.1, 0.15) is 49.3 Å². The third-order valence-electron chi connectivity index (χ3n) is 2.50. The average molecular weight is 258 g/mol. The van der Waals surface area contributed by atoms with Crippen molar-refractivity contribution in [2.24, 2.45) is 0 Å². The van der Waals surface area contributed by atoms with Crippen molar-refractivity contribution in [1.82, 2.24) is 0 Å². The van der Waals surface area contributed by atoms with Crippen molar-refractivity contribution in [3.63, 3.8) is 0 Å². The molecule has 1 aromatic rings. The van der Waals surface area contributed by atoms with E-state index in [1.807, 2.05) is 11.3 Å². The summed E-state index contributed by atoms with van der Waals surface area (Å²) >= 11 is 6.19. The van der Waals surface area contributed by atoms with Crippen LogP contribution < -0.4 is 0 Å². The first-order chi connectivity index (χ1) is 7.11. The van der Waals surface area contributed by atoms with Crippen LogP contribution in [0, 0.1) is 0 Å². The third-order valence-corrected chi connectivity index (χ3v) is 7.18. The molecule has 1 aliphatic heterocycles. The summed E-state index contributed by atoms with van der Waals surface area (Å²) in [7, 11) is 0. The van der Waals surface area contributed by atoms with E-state index in [2.05, 4.69) is 51.2 Å². The van der Waals surface area contributed by atoms with Gasteiger partial charge in [0.05, 0.1) is 0 Å². The van der Waals surface area contributed by atoms with E-state index < -0.39 is 0 Å². The molecule has 0 unspecified atom stereocenters. The van der Waals surface area contributed by atoms with Gasteiger partial charge < -0.3 is 0 Å². The van der Waals surface area contributed by atoms with Crippen LogP contribution >= 0.6 is 34.9 Å². The summed E-state index contributed by atoms with van der Waals surface area (Å²) in [6.45, 7) is 9.26. The second-order valence-corrected chi connectivity index (χ2v) is 7.79. The molecule has 3 heteroatoms. The van der Waals surface area contributed by atoms with Crippen molar-refractivity contribution < 1.29 is 0 Å². The second-order valence-electron chi connectivity index (χ2n) is 4.50. The first-order valence-corrected chi connectivity index (χ1v) is 8.32. The summed E-state index contributed by atoms with van der Waals surface area (Å²) < 4.78 is 0. The van der Waals surface area contributed by atoms with Gasteiger partial charge in [-0.15, -0.1) is 34.9 Å². The van der Waals surface area contributed by atoms with Crippen molar-refractivity contribution in [3.05, 3.63) is 9.75 Å². The lowest BCUT2D eigenvalue weighted by Gasteiger charge is -2.15. The Morgan fingerprint density at radius 2 is 1.20 bits per heavy atom. The van der Waals surface area contributed by atoms with Gasteiger partial charge in [0.1, 0.15) is 0 Å². The van der Waals surface area contributed by atoms with Gasteiger partial charge in [0.15, 0.2) is 0 Å². The molecule has 84 valence electrons. The maximum absolute atomic E-state index is 2.32. The Balaban J connectivity index is 2.49. The zero-order valence-electron chi connectivity index (χ0n) is 9.79. The summed E-state index contributed by atoms with van der Waals surface area (Å²) in [5, 5.41) is 0. The Bertz CT molecular complexity index is 317. The summed E-state index contributed by atoms with van der Waals surface area (Å²) in [5.74, 6) is 3.93. The minimum absolute atomic E-state index is 0.683. The lowest BCUT2D eigenvalue weighted by atomic mass is 10.1. The molecule has 0 saturated heterocycles. The Morgan fingerprint density at radius 3 is 1.53 bits per heavy atom. The van der Waals surface area contributed by atoms with E-state index in [-0.39, 0.29) is 0 Å². The van der Waals surface area contributed by atoms with Gasteiger partial charge in [0.2, 0.25) is 0 Å².